The number of aliphatic hydroxyl groups is 2. The number of ether oxygens (including phenoxy) is 1. The van der Waals surface area contributed by atoms with Crippen molar-refractivity contribution >= 4 is 0 Å². The van der Waals surface area contributed by atoms with Crippen molar-refractivity contribution < 1.29 is 20.1 Å². The van der Waals surface area contributed by atoms with Crippen LogP contribution in [0, 0.1) is 0 Å². The molecule has 0 spiro atoms. The first kappa shape index (κ1) is 10.4. The molecule has 0 amide bonds. The summed E-state index contributed by atoms with van der Waals surface area (Å²) in [6.45, 7) is -0.203. The van der Waals surface area contributed by atoms with Crippen LogP contribution in [0.5, 0.6) is 5.75 Å². The molecule has 1 aromatic rings. The molecule has 1 fully saturated rings. The van der Waals surface area contributed by atoms with Gasteiger partial charge in [0.1, 0.15) is 11.9 Å². The first-order chi connectivity index (χ1) is 7.22. The topological polar surface area (TPSA) is 69.9 Å². The summed E-state index contributed by atoms with van der Waals surface area (Å²) in [4.78, 5) is 0. The van der Waals surface area contributed by atoms with E-state index in [1.54, 1.807) is 24.3 Å². The fourth-order valence-corrected chi connectivity index (χ4v) is 1.85. The zero-order valence-electron chi connectivity index (χ0n) is 8.21. The lowest BCUT2D eigenvalue weighted by molar-refractivity contribution is -0.0230. The van der Waals surface area contributed by atoms with Gasteiger partial charge in [-0.25, -0.2) is 0 Å². The molecule has 0 aromatic heterocycles. The summed E-state index contributed by atoms with van der Waals surface area (Å²) in [5, 5.41) is 28.1. The van der Waals surface area contributed by atoms with Crippen LogP contribution in [0.3, 0.4) is 0 Å². The SMILES string of the molecule is OC[C@H]1O[C@@H](c2ccccc2O)C[C@@H]1O. The van der Waals surface area contributed by atoms with Crippen LogP contribution in [0.15, 0.2) is 24.3 Å². The second-order valence-electron chi connectivity index (χ2n) is 3.71. The van der Waals surface area contributed by atoms with Gasteiger partial charge in [-0.15, -0.1) is 0 Å². The predicted molar refractivity (Wildman–Crippen MR) is 53.4 cm³/mol. The molecule has 3 atom stereocenters. The van der Waals surface area contributed by atoms with E-state index in [0.717, 1.165) is 0 Å². The second-order valence-corrected chi connectivity index (χ2v) is 3.71. The van der Waals surface area contributed by atoms with E-state index in [2.05, 4.69) is 0 Å². The summed E-state index contributed by atoms with van der Waals surface area (Å²) in [5.41, 5.74) is 0.660. The van der Waals surface area contributed by atoms with Crippen LogP contribution in [0.4, 0.5) is 0 Å². The lowest BCUT2D eigenvalue weighted by Crippen LogP contribution is -2.24. The Balaban J connectivity index is 2.17. The Labute approximate surface area is 87.7 Å². The van der Waals surface area contributed by atoms with E-state index in [9.17, 15) is 10.2 Å². The van der Waals surface area contributed by atoms with Gasteiger partial charge in [-0.3, -0.25) is 0 Å². The van der Waals surface area contributed by atoms with Crippen LogP contribution < -0.4 is 0 Å². The van der Waals surface area contributed by atoms with Gasteiger partial charge < -0.3 is 20.1 Å². The van der Waals surface area contributed by atoms with Crippen molar-refractivity contribution in [3.63, 3.8) is 0 Å². The number of hydrogen-bond donors (Lipinski definition) is 3. The average Bonchev–Trinajstić information content (AvgIpc) is 2.60. The number of hydrogen-bond acceptors (Lipinski definition) is 4. The van der Waals surface area contributed by atoms with Crippen LogP contribution in [0.2, 0.25) is 0 Å². The molecule has 1 saturated heterocycles. The molecule has 4 nitrogen and oxygen atoms in total. The summed E-state index contributed by atoms with van der Waals surface area (Å²) in [6, 6.07) is 6.87. The van der Waals surface area contributed by atoms with E-state index < -0.39 is 12.2 Å². The molecule has 0 bridgehead atoms. The first-order valence-corrected chi connectivity index (χ1v) is 4.94. The third-order valence-electron chi connectivity index (χ3n) is 2.69. The molecular formula is C11H14O4. The molecule has 1 heterocycles. The van der Waals surface area contributed by atoms with E-state index in [-0.39, 0.29) is 18.5 Å². The average molecular weight is 210 g/mol. The zero-order chi connectivity index (χ0) is 10.8. The van der Waals surface area contributed by atoms with Gasteiger partial charge in [-0.2, -0.15) is 0 Å². The molecular weight excluding hydrogens is 196 g/mol. The lowest BCUT2D eigenvalue weighted by atomic mass is 10.0. The third kappa shape index (κ3) is 1.97. The Bertz CT molecular complexity index is 339. The Morgan fingerprint density at radius 2 is 2.07 bits per heavy atom. The maximum atomic E-state index is 9.59. The smallest absolute Gasteiger partial charge is 0.121 e. The largest absolute Gasteiger partial charge is 0.508 e. The Kier molecular flexibility index (Phi) is 2.90. The molecule has 0 aliphatic carbocycles. The van der Waals surface area contributed by atoms with Crippen molar-refractivity contribution in [3.05, 3.63) is 29.8 Å². The molecule has 2 rings (SSSR count). The molecule has 1 aliphatic rings. The van der Waals surface area contributed by atoms with Crippen molar-refractivity contribution in [2.45, 2.75) is 24.7 Å². The molecule has 1 aliphatic heterocycles. The van der Waals surface area contributed by atoms with Crippen molar-refractivity contribution in [2.75, 3.05) is 6.61 Å². The van der Waals surface area contributed by atoms with Gasteiger partial charge in [0.2, 0.25) is 0 Å². The number of benzene rings is 1. The minimum Gasteiger partial charge on any atom is -0.508 e. The second kappa shape index (κ2) is 4.18. The van der Waals surface area contributed by atoms with Gasteiger partial charge in [0.25, 0.3) is 0 Å². The fourth-order valence-electron chi connectivity index (χ4n) is 1.85. The highest BCUT2D eigenvalue weighted by Gasteiger charge is 2.35. The Hall–Kier alpha value is -1.10. The van der Waals surface area contributed by atoms with Crippen molar-refractivity contribution in [3.8, 4) is 5.75 Å². The maximum absolute atomic E-state index is 9.59. The van der Waals surface area contributed by atoms with Crippen molar-refractivity contribution in [1.29, 1.82) is 0 Å². The number of rotatable bonds is 2. The van der Waals surface area contributed by atoms with Gasteiger partial charge in [-0.05, 0) is 6.07 Å². The van der Waals surface area contributed by atoms with Gasteiger partial charge >= 0.3 is 0 Å². The number of para-hydroxylation sites is 1. The molecule has 3 N–H and O–H groups in total. The molecule has 15 heavy (non-hydrogen) atoms. The summed E-state index contributed by atoms with van der Waals surface area (Å²) < 4.78 is 5.43. The Morgan fingerprint density at radius 1 is 1.33 bits per heavy atom. The van der Waals surface area contributed by atoms with Crippen LogP contribution in [0.25, 0.3) is 0 Å². The van der Waals surface area contributed by atoms with Crippen LogP contribution >= 0.6 is 0 Å². The van der Waals surface area contributed by atoms with Crippen LogP contribution in [-0.4, -0.2) is 34.1 Å². The highest BCUT2D eigenvalue weighted by molar-refractivity contribution is 5.34. The fraction of sp³-hybridized carbons (Fsp3) is 0.455. The van der Waals surface area contributed by atoms with Crippen LogP contribution in [-0.2, 0) is 4.74 Å². The van der Waals surface area contributed by atoms with Crippen molar-refractivity contribution in [2.24, 2.45) is 0 Å². The number of aromatic hydroxyl groups is 1. The number of aliphatic hydroxyl groups excluding tert-OH is 2. The minimum absolute atomic E-state index is 0.160. The highest BCUT2D eigenvalue weighted by Crippen LogP contribution is 2.36. The van der Waals surface area contributed by atoms with E-state index in [0.29, 0.717) is 12.0 Å². The van der Waals surface area contributed by atoms with Gasteiger partial charge in [0.15, 0.2) is 0 Å². The number of phenolic OH excluding ortho intramolecular Hbond substituents is 1. The maximum Gasteiger partial charge on any atom is 0.121 e. The molecule has 0 radical (unpaired) electrons. The molecule has 82 valence electrons. The predicted octanol–water partition coefficient (Wildman–Crippen LogP) is 0.575. The molecule has 0 unspecified atom stereocenters. The zero-order valence-corrected chi connectivity index (χ0v) is 8.21. The Morgan fingerprint density at radius 3 is 2.67 bits per heavy atom. The summed E-state index contributed by atoms with van der Waals surface area (Å²) in [5.74, 6) is 0.160. The minimum atomic E-state index is -0.667. The summed E-state index contributed by atoms with van der Waals surface area (Å²) in [6.07, 6.45) is -1.14. The van der Waals surface area contributed by atoms with Crippen molar-refractivity contribution in [1.82, 2.24) is 0 Å². The van der Waals surface area contributed by atoms with E-state index in [4.69, 9.17) is 9.84 Å². The molecule has 1 aromatic carbocycles. The lowest BCUT2D eigenvalue weighted by Gasteiger charge is -2.13. The molecule has 0 saturated carbocycles. The van der Waals surface area contributed by atoms with E-state index >= 15 is 0 Å². The van der Waals surface area contributed by atoms with Crippen LogP contribution in [0.1, 0.15) is 18.1 Å². The number of phenols is 1. The third-order valence-corrected chi connectivity index (χ3v) is 2.69. The van der Waals surface area contributed by atoms with Gasteiger partial charge in [0, 0.05) is 12.0 Å². The first-order valence-electron chi connectivity index (χ1n) is 4.94. The van der Waals surface area contributed by atoms with Gasteiger partial charge in [-0.1, -0.05) is 18.2 Å². The summed E-state index contributed by atoms with van der Waals surface area (Å²) >= 11 is 0. The van der Waals surface area contributed by atoms with E-state index in [1.807, 2.05) is 0 Å². The summed E-state index contributed by atoms with van der Waals surface area (Å²) in [7, 11) is 0. The normalized spacial score (nSPS) is 30.7. The van der Waals surface area contributed by atoms with E-state index in [1.165, 1.54) is 0 Å². The molecule has 4 heteroatoms. The van der Waals surface area contributed by atoms with Gasteiger partial charge in [0.05, 0.1) is 18.8 Å². The standard InChI is InChI=1S/C11H14O4/c12-6-11-9(14)5-10(15-11)7-3-1-2-4-8(7)13/h1-4,9-14H,5-6H2/t9-,10+,11+/m0/s1. The highest BCUT2D eigenvalue weighted by atomic mass is 16.5. The quantitative estimate of drug-likeness (QED) is 0.667. The monoisotopic (exact) mass is 210 g/mol.